The van der Waals surface area contributed by atoms with Crippen LogP contribution in [0.25, 0.3) is 17.3 Å². The van der Waals surface area contributed by atoms with Crippen LogP contribution in [0.1, 0.15) is 55.9 Å². The van der Waals surface area contributed by atoms with Gasteiger partial charge in [0.05, 0.1) is 5.69 Å². The molecule has 4 nitrogen and oxygen atoms in total. The van der Waals surface area contributed by atoms with Gasteiger partial charge in [-0.05, 0) is 44.0 Å². The van der Waals surface area contributed by atoms with Crippen LogP contribution in [0.5, 0.6) is 0 Å². The quantitative estimate of drug-likeness (QED) is 0.864. The molecule has 2 heterocycles. The van der Waals surface area contributed by atoms with Crippen molar-refractivity contribution in [3.63, 3.8) is 0 Å². The lowest BCUT2D eigenvalue weighted by Crippen LogP contribution is -2.01. The summed E-state index contributed by atoms with van der Waals surface area (Å²) in [5.74, 6) is -1.03. The van der Waals surface area contributed by atoms with Crippen molar-refractivity contribution in [1.29, 1.82) is 0 Å². The predicted molar refractivity (Wildman–Crippen MR) is 94.5 cm³/mol. The van der Waals surface area contributed by atoms with Crippen molar-refractivity contribution in [1.82, 2.24) is 9.97 Å². The number of hydrogen-bond donors (Lipinski definition) is 1. The van der Waals surface area contributed by atoms with Gasteiger partial charge in [0.15, 0.2) is 0 Å². The molecule has 0 spiro atoms. The van der Waals surface area contributed by atoms with Crippen molar-refractivity contribution >= 4 is 12.0 Å². The molecule has 2 rings (SSSR count). The molecule has 2 aromatic heterocycles. The molecule has 1 N–H and O–H groups in total. The molecule has 0 aliphatic rings. The lowest BCUT2D eigenvalue weighted by atomic mass is 10.1. The minimum absolute atomic E-state index is 0.0369. The largest absolute Gasteiger partial charge is 0.477 e. The number of aromatic nitrogens is 2. The van der Waals surface area contributed by atoms with Crippen molar-refractivity contribution in [2.24, 2.45) is 0 Å². The van der Waals surface area contributed by atoms with Crippen LogP contribution in [0.2, 0.25) is 0 Å². The van der Waals surface area contributed by atoms with Crippen LogP contribution in [-0.2, 0) is 0 Å². The number of carboxylic acid groups (broad SMARTS) is 1. The van der Waals surface area contributed by atoms with E-state index in [1.807, 2.05) is 26.8 Å². The number of pyridine rings is 2. The average molecular weight is 312 g/mol. The molecule has 0 radical (unpaired) electrons. The number of carbonyl (C=O) groups is 1. The van der Waals surface area contributed by atoms with Gasteiger partial charge in [0.2, 0.25) is 0 Å². The van der Waals surface area contributed by atoms with Crippen LogP contribution in [0.4, 0.5) is 0 Å². The zero-order chi connectivity index (χ0) is 17.4. The van der Waals surface area contributed by atoms with Gasteiger partial charge in [-0.1, -0.05) is 38.5 Å². The van der Waals surface area contributed by atoms with E-state index < -0.39 is 5.97 Å². The summed E-state index contributed by atoms with van der Waals surface area (Å²) in [7, 11) is 0. The summed E-state index contributed by atoms with van der Waals surface area (Å²) in [6.45, 7) is 10.1. The van der Waals surface area contributed by atoms with Gasteiger partial charge in [0, 0.05) is 17.5 Å². The van der Waals surface area contributed by atoms with Crippen LogP contribution in [0.3, 0.4) is 0 Å². The number of allylic oxidation sites excluding steroid dienone is 1. The van der Waals surface area contributed by atoms with E-state index in [0.717, 1.165) is 23.2 Å². The van der Waals surface area contributed by atoms with Gasteiger partial charge in [-0.15, -0.1) is 0 Å². The van der Waals surface area contributed by atoms with Gasteiger partial charge in [0.1, 0.15) is 5.69 Å². The second-order valence-corrected chi connectivity index (χ2v) is 4.96. The monoisotopic (exact) mass is 312 g/mol. The van der Waals surface area contributed by atoms with E-state index >= 15 is 0 Å². The molecule has 0 amide bonds. The van der Waals surface area contributed by atoms with Crippen LogP contribution in [0, 0.1) is 6.92 Å². The molecular weight excluding hydrogens is 288 g/mol. The number of aryl methyl sites for hydroxylation is 1. The first-order valence-electron chi connectivity index (χ1n) is 7.85. The van der Waals surface area contributed by atoms with E-state index in [1.165, 1.54) is 11.6 Å². The molecule has 0 aliphatic carbocycles. The van der Waals surface area contributed by atoms with Gasteiger partial charge in [-0.3, -0.25) is 4.98 Å². The third-order valence-corrected chi connectivity index (χ3v) is 3.35. The van der Waals surface area contributed by atoms with Gasteiger partial charge >= 0.3 is 5.97 Å². The minimum atomic E-state index is -1.03. The molecule has 0 fully saturated rings. The van der Waals surface area contributed by atoms with Crippen LogP contribution in [0.15, 0.2) is 36.0 Å². The average Bonchev–Trinajstić information content (AvgIpc) is 2.58. The molecular formula is C19H24N2O2. The molecule has 0 bridgehead atoms. The Balaban J connectivity index is 0.00000127. The zero-order valence-electron chi connectivity index (χ0n) is 14.4. The first-order valence-corrected chi connectivity index (χ1v) is 7.85. The maximum atomic E-state index is 11.0. The molecule has 2 aromatic rings. The molecule has 0 aliphatic heterocycles. The van der Waals surface area contributed by atoms with E-state index in [4.69, 9.17) is 5.11 Å². The lowest BCUT2D eigenvalue weighted by molar-refractivity contribution is 0.0690. The third-order valence-electron chi connectivity index (χ3n) is 3.35. The first-order chi connectivity index (χ1) is 11.0. The Morgan fingerprint density at radius 3 is 2.61 bits per heavy atom. The SMILES string of the molecule is CC.CC/C(C)=C\c1cc(-c2cccc(C(=O)O)n2)cnc1C. The second-order valence-electron chi connectivity index (χ2n) is 4.96. The molecule has 122 valence electrons. The van der Waals surface area contributed by atoms with Crippen molar-refractivity contribution < 1.29 is 9.90 Å². The Hall–Kier alpha value is -2.49. The summed E-state index contributed by atoms with van der Waals surface area (Å²) in [6.07, 6.45) is 4.81. The van der Waals surface area contributed by atoms with Crippen molar-refractivity contribution in [3.8, 4) is 11.3 Å². The summed E-state index contributed by atoms with van der Waals surface area (Å²) in [4.78, 5) is 19.5. The molecule has 4 heteroatoms. The smallest absolute Gasteiger partial charge is 0.354 e. The van der Waals surface area contributed by atoms with Crippen molar-refractivity contribution in [3.05, 3.63) is 53.0 Å². The first kappa shape index (κ1) is 18.6. The highest BCUT2D eigenvalue weighted by molar-refractivity contribution is 5.86. The third kappa shape index (κ3) is 5.02. The lowest BCUT2D eigenvalue weighted by Gasteiger charge is -2.06. The van der Waals surface area contributed by atoms with E-state index in [0.29, 0.717) is 5.69 Å². The molecule has 23 heavy (non-hydrogen) atoms. The number of hydrogen-bond acceptors (Lipinski definition) is 3. The van der Waals surface area contributed by atoms with Gasteiger partial charge in [-0.2, -0.15) is 0 Å². The Bertz CT molecular complexity index is 706. The summed E-state index contributed by atoms with van der Waals surface area (Å²) in [5.41, 5.74) is 4.72. The van der Waals surface area contributed by atoms with Crippen LogP contribution in [-0.4, -0.2) is 21.0 Å². The minimum Gasteiger partial charge on any atom is -0.477 e. The van der Waals surface area contributed by atoms with Gasteiger partial charge < -0.3 is 5.11 Å². The topological polar surface area (TPSA) is 63.1 Å². The Morgan fingerprint density at radius 2 is 2.00 bits per heavy atom. The highest BCUT2D eigenvalue weighted by atomic mass is 16.4. The van der Waals surface area contributed by atoms with E-state index in [2.05, 4.69) is 29.9 Å². The fraction of sp³-hybridized carbons (Fsp3) is 0.316. The Morgan fingerprint density at radius 1 is 1.30 bits per heavy atom. The zero-order valence-corrected chi connectivity index (χ0v) is 14.4. The van der Waals surface area contributed by atoms with Crippen LogP contribution < -0.4 is 0 Å². The number of carboxylic acids is 1. The van der Waals surface area contributed by atoms with E-state index in [1.54, 1.807) is 18.3 Å². The predicted octanol–water partition coefficient (Wildman–Crippen LogP) is 4.99. The van der Waals surface area contributed by atoms with Crippen molar-refractivity contribution in [2.75, 3.05) is 0 Å². The van der Waals surface area contributed by atoms with Crippen molar-refractivity contribution in [2.45, 2.75) is 41.0 Å². The summed E-state index contributed by atoms with van der Waals surface area (Å²) in [6, 6.07) is 6.96. The number of rotatable bonds is 4. The molecule has 0 atom stereocenters. The van der Waals surface area contributed by atoms with Gasteiger partial charge in [0.25, 0.3) is 0 Å². The maximum Gasteiger partial charge on any atom is 0.354 e. The van der Waals surface area contributed by atoms with Gasteiger partial charge in [-0.25, -0.2) is 9.78 Å². The summed E-state index contributed by atoms with van der Waals surface area (Å²) < 4.78 is 0. The standard InChI is InChI=1S/C17H18N2O2.C2H6/c1-4-11(2)8-13-9-14(10-18-12(13)3)15-6-5-7-16(19-15)17(20)21;1-2/h5-10H,4H2,1-3H3,(H,20,21);1-2H3/b11-8-;. The summed E-state index contributed by atoms with van der Waals surface area (Å²) >= 11 is 0. The molecule has 0 saturated heterocycles. The Labute approximate surface area is 137 Å². The normalized spacial score (nSPS) is 10.7. The fourth-order valence-electron chi connectivity index (χ4n) is 1.92. The maximum absolute atomic E-state index is 11.0. The van der Waals surface area contributed by atoms with Crippen LogP contribution >= 0.6 is 0 Å². The molecule has 0 saturated carbocycles. The van der Waals surface area contributed by atoms with E-state index in [9.17, 15) is 4.79 Å². The Kier molecular flexibility index (Phi) is 7.13. The number of aromatic carboxylic acids is 1. The second kappa shape index (κ2) is 8.83. The highest BCUT2D eigenvalue weighted by Crippen LogP contribution is 2.21. The summed E-state index contributed by atoms with van der Waals surface area (Å²) in [5, 5.41) is 9.02. The highest BCUT2D eigenvalue weighted by Gasteiger charge is 2.08. The fourth-order valence-corrected chi connectivity index (χ4v) is 1.92. The molecule has 0 unspecified atom stereocenters. The number of nitrogens with zero attached hydrogens (tertiary/aromatic N) is 2. The van der Waals surface area contributed by atoms with E-state index in [-0.39, 0.29) is 5.69 Å². The molecule has 0 aromatic carbocycles.